The fourth-order valence-corrected chi connectivity index (χ4v) is 1.86. The number of hydrogen-bond acceptors (Lipinski definition) is 3. The molecule has 0 radical (unpaired) electrons. The molecule has 0 unspecified atom stereocenters. The number of hydrogen-bond donors (Lipinski definition) is 2. The molecule has 0 saturated heterocycles. The summed E-state index contributed by atoms with van der Waals surface area (Å²) in [6.07, 6.45) is -4.97. The summed E-state index contributed by atoms with van der Waals surface area (Å²) < 4.78 is 54.2. The van der Waals surface area contributed by atoms with Gasteiger partial charge in [0.05, 0.1) is 11.1 Å². The monoisotopic (exact) mass is 342 g/mol. The van der Waals surface area contributed by atoms with Crippen LogP contribution < -0.4 is 15.8 Å². The Morgan fingerprint density at radius 2 is 1.71 bits per heavy atom. The summed E-state index contributed by atoms with van der Waals surface area (Å²) in [4.78, 5) is 23.2. The number of nitrogens with two attached hydrogens (primary N) is 1. The number of halogens is 4. The minimum atomic E-state index is -4.97. The van der Waals surface area contributed by atoms with E-state index in [9.17, 15) is 27.2 Å². The zero-order valence-electron chi connectivity index (χ0n) is 11.9. The van der Waals surface area contributed by atoms with Crippen LogP contribution in [0, 0.1) is 5.82 Å². The van der Waals surface area contributed by atoms with Gasteiger partial charge >= 0.3 is 6.36 Å². The highest BCUT2D eigenvalue weighted by molar-refractivity contribution is 6.06. The predicted molar refractivity (Wildman–Crippen MR) is 76.0 cm³/mol. The average molecular weight is 342 g/mol. The number of alkyl halides is 3. The van der Waals surface area contributed by atoms with E-state index >= 15 is 0 Å². The van der Waals surface area contributed by atoms with E-state index < -0.39 is 35.3 Å². The third-order valence-electron chi connectivity index (χ3n) is 2.85. The van der Waals surface area contributed by atoms with E-state index in [1.54, 1.807) is 0 Å². The summed E-state index contributed by atoms with van der Waals surface area (Å²) in [5.74, 6) is -3.57. The van der Waals surface area contributed by atoms with E-state index in [-0.39, 0.29) is 11.3 Å². The Morgan fingerprint density at radius 1 is 1.04 bits per heavy atom. The minimum absolute atomic E-state index is 0.0167. The minimum Gasteiger partial charge on any atom is -0.405 e. The van der Waals surface area contributed by atoms with Gasteiger partial charge in [-0.2, -0.15) is 0 Å². The van der Waals surface area contributed by atoms with E-state index in [4.69, 9.17) is 5.73 Å². The number of ether oxygens (including phenoxy) is 1. The quantitative estimate of drug-likeness (QED) is 0.838. The van der Waals surface area contributed by atoms with Crippen molar-refractivity contribution in [1.82, 2.24) is 0 Å². The van der Waals surface area contributed by atoms with Crippen molar-refractivity contribution in [2.24, 2.45) is 5.73 Å². The van der Waals surface area contributed by atoms with Crippen LogP contribution in [-0.4, -0.2) is 18.2 Å². The Hall–Kier alpha value is -3.10. The maximum atomic E-state index is 13.4. The first-order valence-electron chi connectivity index (χ1n) is 6.43. The predicted octanol–water partition coefficient (Wildman–Crippen LogP) is 3.08. The molecular formula is C15H10F4N2O3. The van der Waals surface area contributed by atoms with Gasteiger partial charge in [0.15, 0.2) is 0 Å². The molecule has 2 rings (SSSR count). The summed E-state index contributed by atoms with van der Waals surface area (Å²) >= 11 is 0. The van der Waals surface area contributed by atoms with Crippen LogP contribution in [0.4, 0.5) is 23.2 Å². The number of benzene rings is 2. The number of para-hydroxylation sites is 1. The van der Waals surface area contributed by atoms with Gasteiger partial charge in [-0.05, 0) is 30.3 Å². The van der Waals surface area contributed by atoms with Crippen molar-refractivity contribution in [3.63, 3.8) is 0 Å². The third-order valence-corrected chi connectivity index (χ3v) is 2.85. The molecule has 0 saturated carbocycles. The summed E-state index contributed by atoms with van der Waals surface area (Å²) in [5, 5.41) is 2.25. The Morgan fingerprint density at radius 3 is 2.33 bits per heavy atom. The lowest BCUT2D eigenvalue weighted by Gasteiger charge is -2.13. The number of amides is 2. The van der Waals surface area contributed by atoms with Gasteiger partial charge in [0, 0.05) is 5.69 Å². The van der Waals surface area contributed by atoms with Crippen LogP contribution in [0.1, 0.15) is 20.7 Å². The van der Waals surface area contributed by atoms with Crippen molar-refractivity contribution in [2.75, 3.05) is 5.32 Å². The molecule has 0 bridgehead atoms. The van der Waals surface area contributed by atoms with Crippen LogP contribution in [0.15, 0.2) is 42.5 Å². The second-order valence-corrected chi connectivity index (χ2v) is 4.56. The van der Waals surface area contributed by atoms with Crippen LogP contribution in [0.5, 0.6) is 5.75 Å². The molecule has 0 atom stereocenters. The first kappa shape index (κ1) is 17.3. The van der Waals surface area contributed by atoms with Crippen LogP contribution in [-0.2, 0) is 0 Å². The molecule has 2 aromatic carbocycles. The molecule has 3 N–H and O–H groups in total. The van der Waals surface area contributed by atoms with Crippen molar-refractivity contribution >= 4 is 17.5 Å². The standard InChI is InChI=1S/C15H10F4N2O3/c16-11-6-5-8(7-10(11)13(20)22)21-14(23)9-3-1-2-4-12(9)24-15(17,18)19/h1-7H,(H2,20,22)(H,21,23). The zero-order valence-corrected chi connectivity index (χ0v) is 11.9. The number of carbonyl (C=O) groups is 2. The van der Waals surface area contributed by atoms with Crippen LogP contribution >= 0.6 is 0 Å². The average Bonchev–Trinajstić information content (AvgIpc) is 2.47. The molecule has 126 valence electrons. The lowest BCUT2D eigenvalue weighted by atomic mass is 10.1. The zero-order chi connectivity index (χ0) is 17.9. The van der Waals surface area contributed by atoms with Gasteiger partial charge in [-0.25, -0.2) is 4.39 Å². The van der Waals surface area contributed by atoms with Crippen molar-refractivity contribution in [3.8, 4) is 5.75 Å². The molecular weight excluding hydrogens is 332 g/mol. The fourth-order valence-electron chi connectivity index (χ4n) is 1.86. The topological polar surface area (TPSA) is 81.4 Å². The maximum absolute atomic E-state index is 13.4. The molecule has 0 fully saturated rings. The van der Waals surface area contributed by atoms with E-state index in [2.05, 4.69) is 10.1 Å². The Balaban J connectivity index is 2.28. The van der Waals surface area contributed by atoms with Crippen LogP contribution in [0.3, 0.4) is 0 Å². The smallest absolute Gasteiger partial charge is 0.405 e. The lowest BCUT2D eigenvalue weighted by Crippen LogP contribution is -2.21. The first-order valence-corrected chi connectivity index (χ1v) is 6.43. The number of nitrogens with one attached hydrogen (secondary N) is 1. The maximum Gasteiger partial charge on any atom is 0.573 e. The summed E-state index contributed by atoms with van der Waals surface area (Å²) in [7, 11) is 0. The molecule has 2 aromatic rings. The SMILES string of the molecule is NC(=O)c1cc(NC(=O)c2ccccc2OC(F)(F)F)ccc1F. The highest BCUT2D eigenvalue weighted by Gasteiger charge is 2.32. The molecule has 24 heavy (non-hydrogen) atoms. The second-order valence-electron chi connectivity index (χ2n) is 4.56. The van der Waals surface area contributed by atoms with Crippen molar-refractivity contribution < 1.29 is 31.9 Å². The van der Waals surface area contributed by atoms with Gasteiger partial charge in [0.1, 0.15) is 11.6 Å². The number of primary amides is 1. The Kier molecular flexibility index (Phi) is 4.72. The summed E-state index contributed by atoms with van der Waals surface area (Å²) in [6, 6.07) is 7.71. The molecule has 0 aliphatic rings. The highest BCUT2D eigenvalue weighted by atomic mass is 19.4. The highest BCUT2D eigenvalue weighted by Crippen LogP contribution is 2.27. The molecule has 2 amide bonds. The van der Waals surface area contributed by atoms with Crippen LogP contribution in [0.25, 0.3) is 0 Å². The van der Waals surface area contributed by atoms with E-state index in [0.29, 0.717) is 0 Å². The molecule has 0 aliphatic heterocycles. The van der Waals surface area contributed by atoms with Gasteiger partial charge < -0.3 is 15.8 Å². The molecule has 0 aliphatic carbocycles. The first-order chi connectivity index (χ1) is 11.2. The molecule has 5 nitrogen and oxygen atoms in total. The van der Waals surface area contributed by atoms with Crippen LogP contribution in [0.2, 0.25) is 0 Å². The molecule has 0 aromatic heterocycles. The van der Waals surface area contributed by atoms with E-state index in [1.807, 2.05) is 0 Å². The van der Waals surface area contributed by atoms with Crippen molar-refractivity contribution in [2.45, 2.75) is 6.36 Å². The lowest BCUT2D eigenvalue weighted by molar-refractivity contribution is -0.274. The third kappa shape index (κ3) is 4.22. The van der Waals surface area contributed by atoms with Gasteiger partial charge in [-0.3, -0.25) is 9.59 Å². The molecule has 0 heterocycles. The van der Waals surface area contributed by atoms with Gasteiger partial charge in [-0.15, -0.1) is 13.2 Å². The fraction of sp³-hybridized carbons (Fsp3) is 0.0667. The normalized spacial score (nSPS) is 11.0. The van der Waals surface area contributed by atoms with Crippen molar-refractivity contribution in [3.05, 3.63) is 59.4 Å². The summed E-state index contributed by atoms with van der Waals surface area (Å²) in [5.41, 5.74) is 4.11. The number of anilines is 1. The Bertz CT molecular complexity index is 791. The molecule has 0 spiro atoms. The van der Waals surface area contributed by atoms with Gasteiger partial charge in [0.2, 0.25) is 0 Å². The second kappa shape index (κ2) is 6.57. The number of carbonyl (C=O) groups excluding carboxylic acids is 2. The largest absolute Gasteiger partial charge is 0.573 e. The van der Waals surface area contributed by atoms with Gasteiger partial charge in [0.25, 0.3) is 11.8 Å². The van der Waals surface area contributed by atoms with E-state index in [1.165, 1.54) is 12.1 Å². The Labute approximate surface area is 133 Å². The number of rotatable bonds is 4. The van der Waals surface area contributed by atoms with E-state index in [0.717, 1.165) is 30.3 Å². The van der Waals surface area contributed by atoms with Crippen molar-refractivity contribution in [1.29, 1.82) is 0 Å². The van der Waals surface area contributed by atoms with Gasteiger partial charge in [-0.1, -0.05) is 12.1 Å². The molecule has 9 heteroatoms. The summed E-state index contributed by atoms with van der Waals surface area (Å²) in [6.45, 7) is 0.